The maximum Gasteiger partial charge on any atom is 0.298 e. The molecule has 1 fully saturated rings. The van der Waals surface area contributed by atoms with Gasteiger partial charge in [0.15, 0.2) is 11.5 Å². The van der Waals surface area contributed by atoms with Gasteiger partial charge in [-0.25, -0.2) is 4.90 Å². The first-order valence-corrected chi connectivity index (χ1v) is 12.7. The number of thioether (sulfide) groups is 1. The number of hydrogen-bond acceptors (Lipinski definition) is 6. The molecule has 0 atom stereocenters. The Kier molecular flexibility index (Phi) is 7.14. The van der Waals surface area contributed by atoms with E-state index in [0.717, 1.165) is 33.2 Å². The van der Waals surface area contributed by atoms with Crippen molar-refractivity contribution in [3.8, 4) is 17.2 Å². The lowest BCUT2D eigenvalue weighted by Crippen LogP contribution is -2.28. The number of nitrogens with zero attached hydrogens (tertiary/aromatic N) is 1. The summed E-state index contributed by atoms with van der Waals surface area (Å²) >= 11 is 0.893. The molecule has 0 aromatic heterocycles. The van der Waals surface area contributed by atoms with Crippen molar-refractivity contribution in [3.05, 3.63) is 101 Å². The predicted molar refractivity (Wildman–Crippen MR) is 147 cm³/mol. The zero-order chi connectivity index (χ0) is 25.8. The summed E-state index contributed by atoms with van der Waals surface area (Å²) < 4.78 is 17.3. The van der Waals surface area contributed by atoms with Crippen molar-refractivity contribution in [2.75, 3.05) is 18.6 Å². The monoisotopic (exact) mass is 511 g/mol. The van der Waals surface area contributed by atoms with Crippen molar-refractivity contribution in [2.45, 2.75) is 13.5 Å². The molecular formula is C30H25NO5S. The molecule has 1 saturated heterocycles. The van der Waals surface area contributed by atoms with Crippen LogP contribution in [0.15, 0.2) is 89.8 Å². The molecule has 1 aliphatic heterocycles. The van der Waals surface area contributed by atoms with Crippen LogP contribution in [0, 0.1) is 0 Å². The maximum absolute atomic E-state index is 13.1. The van der Waals surface area contributed by atoms with Crippen LogP contribution in [-0.4, -0.2) is 24.9 Å². The van der Waals surface area contributed by atoms with Gasteiger partial charge in [-0.3, -0.25) is 9.59 Å². The van der Waals surface area contributed by atoms with E-state index in [1.165, 1.54) is 12.5 Å². The summed E-state index contributed by atoms with van der Waals surface area (Å²) in [6.45, 7) is 2.75. The lowest BCUT2D eigenvalue weighted by atomic mass is 10.1. The van der Waals surface area contributed by atoms with Gasteiger partial charge in [0.2, 0.25) is 0 Å². The predicted octanol–water partition coefficient (Wildman–Crippen LogP) is 7.07. The van der Waals surface area contributed by atoms with Gasteiger partial charge in [-0.1, -0.05) is 54.6 Å². The highest BCUT2D eigenvalue weighted by atomic mass is 32.2. The van der Waals surface area contributed by atoms with Gasteiger partial charge < -0.3 is 14.2 Å². The number of imide groups is 1. The zero-order valence-corrected chi connectivity index (χ0v) is 21.3. The van der Waals surface area contributed by atoms with Crippen LogP contribution < -0.4 is 19.1 Å². The molecule has 0 bridgehead atoms. The molecule has 2 amide bonds. The molecular weight excluding hydrogens is 486 g/mol. The fourth-order valence-corrected chi connectivity index (χ4v) is 4.97. The summed E-state index contributed by atoms with van der Waals surface area (Å²) in [5.41, 5.74) is 2.20. The minimum atomic E-state index is -0.394. The van der Waals surface area contributed by atoms with E-state index in [-0.39, 0.29) is 5.24 Å². The normalized spacial score (nSPS) is 14.4. The van der Waals surface area contributed by atoms with Crippen molar-refractivity contribution in [1.82, 2.24) is 0 Å². The molecule has 4 aromatic carbocycles. The molecule has 7 heteroatoms. The number of rotatable bonds is 8. The first-order chi connectivity index (χ1) is 18.1. The van der Waals surface area contributed by atoms with Gasteiger partial charge in [0.05, 0.1) is 24.3 Å². The molecule has 5 rings (SSSR count). The summed E-state index contributed by atoms with van der Waals surface area (Å²) in [7, 11) is 1.51. The summed E-state index contributed by atoms with van der Waals surface area (Å²) in [6.07, 6.45) is 1.69. The van der Waals surface area contributed by atoms with Crippen LogP contribution in [0.2, 0.25) is 0 Å². The largest absolute Gasteiger partial charge is 0.495 e. The topological polar surface area (TPSA) is 65.1 Å². The second-order valence-corrected chi connectivity index (χ2v) is 9.29. The van der Waals surface area contributed by atoms with Crippen LogP contribution in [-0.2, 0) is 11.4 Å². The first-order valence-electron chi connectivity index (χ1n) is 11.9. The van der Waals surface area contributed by atoms with E-state index < -0.39 is 5.91 Å². The summed E-state index contributed by atoms with van der Waals surface area (Å²) in [5, 5.41) is 1.97. The Hall–Kier alpha value is -4.23. The number of benzene rings is 4. The van der Waals surface area contributed by atoms with Crippen molar-refractivity contribution < 1.29 is 23.8 Å². The first kappa shape index (κ1) is 24.5. The Labute approximate surface area is 219 Å². The average molecular weight is 512 g/mol. The third-order valence-electron chi connectivity index (χ3n) is 5.89. The van der Waals surface area contributed by atoms with Crippen molar-refractivity contribution in [3.63, 3.8) is 0 Å². The van der Waals surface area contributed by atoms with E-state index in [9.17, 15) is 9.59 Å². The molecule has 0 spiro atoms. The van der Waals surface area contributed by atoms with E-state index >= 15 is 0 Å². The molecule has 37 heavy (non-hydrogen) atoms. The van der Waals surface area contributed by atoms with Gasteiger partial charge in [0, 0.05) is 0 Å². The zero-order valence-electron chi connectivity index (χ0n) is 20.5. The van der Waals surface area contributed by atoms with E-state index in [0.29, 0.717) is 41.1 Å². The molecule has 0 aliphatic carbocycles. The second-order valence-electron chi connectivity index (χ2n) is 8.30. The third-order valence-corrected chi connectivity index (χ3v) is 6.76. The number of anilines is 1. The Bertz CT molecular complexity index is 1510. The fourth-order valence-electron chi connectivity index (χ4n) is 4.13. The Balaban J connectivity index is 1.36. The number of hydrogen-bond donors (Lipinski definition) is 0. The number of ether oxygens (including phenoxy) is 3. The van der Waals surface area contributed by atoms with Crippen LogP contribution in [0.5, 0.6) is 17.2 Å². The lowest BCUT2D eigenvalue weighted by molar-refractivity contribution is -0.113. The molecule has 0 unspecified atom stereocenters. The maximum atomic E-state index is 13.1. The quantitative estimate of drug-likeness (QED) is 0.236. The van der Waals surface area contributed by atoms with Gasteiger partial charge in [0.25, 0.3) is 11.1 Å². The van der Waals surface area contributed by atoms with Crippen molar-refractivity contribution in [1.29, 1.82) is 0 Å². The molecule has 4 aromatic rings. The Morgan fingerprint density at radius 1 is 0.811 bits per heavy atom. The fraction of sp³-hybridized carbons (Fsp3) is 0.133. The van der Waals surface area contributed by atoms with E-state index in [4.69, 9.17) is 14.2 Å². The summed E-state index contributed by atoms with van der Waals surface area (Å²) in [4.78, 5) is 27.3. The standard InChI is InChI=1S/C30H25NO5S/c1-3-35-27-17-20(13-15-26(27)36-19-21-12-14-22-8-4-5-9-23(22)16-21)18-28-29(32)31(30(33)37-28)24-10-6-7-11-25(24)34-2/h4-18H,3,19H2,1-2H3/b28-18-. The van der Waals surface area contributed by atoms with Gasteiger partial charge in [-0.05, 0) is 77.0 Å². The van der Waals surface area contributed by atoms with Gasteiger partial charge in [0.1, 0.15) is 12.4 Å². The van der Waals surface area contributed by atoms with Crippen LogP contribution in [0.25, 0.3) is 16.8 Å². The van der Waals surface area contributed by atoms with E-state index in [1.54, 1.807) is 30.3 Å². The minimum absolute atomic E-state index is 0.322. The molecule has 186 valence electrons. The number of para-hydroxylation sites is 2. The number of amides is 2. The lowest BCUT2D eigenvalue weighted by Gasteiger charge is -2.15. The number of fused-ring (bicyclic) bond motifs is 1. The molecule has 6 nitrogen and oxygen atoms in total. The van der Waals surface area contributed by atoms with E-state index in [2.05, 4.69) is 30.3 Å². The van der Waals surface area contributed by atoms with Crippen molar-refractivity contribution in [2.24, 2.45) is 0 Å². The van der Waals surface area contributed by atoms with Crippen LogP contribution in [0.1, 0.15) is 18.1 Å². The third kappa shape index (κ3) is 5.17. The molecule has 1 heterocycles. The van der Waals surface area contributed by atoms with Gasteiger partial charge in [-0.15, -0.1) is 0 Å². The van der Waals surface area contributed by atoms with Crippen LogP contribution in [0.3, 0.4) is 0 Å². The average Bonchev–Trinajstić information content (AvgIpc) is 3.20. The molecule has 0 N–H and O–H groups in total. The highest BCUT2D eigenvalue weighted by molar-refractivity contribution is 8.19. The number of carbonyl (C=O) groups is 2. The highest BCUT2D eigenvalue weighted by Gasteiger charge is 2.37. The van der Waals surface area contributed by atoms with Crippen LogP contribution in [0.4, 0.5) is 10.5 Å². The Morgan fingerprint density at radius 3 is 2.41 bits per heavy atom. The molecule has 1 aliphatic rings. The summed E-state index contributed by atoms with van der Waals surface area (Å²) in [5.74, 6) is 1.24. The smallest absolute Gasteiger partial charge is 0.298 e. The van der Waals surface area contributed by atoms with Gasteiger partial charge >= 0.3 is 0 Å². The SMILES string of the molecule is CCOc1cc(/C=C2\SC(=O)N(c3ccccc3OC)C2=O)ccc1OCc1ccc2ccccc2c1. The highest BCUT2D eigenvalue weighted by Crippen LogP contribution is 2.40. The number of methoxy groups -OCH3 is 1. The van der Waals surface area contributed by atoms with Crippen molar-refractivity contribution >= 4 is 45.4 Å². The Morgan fingerprint density at radius 2 is 1.59 bits per heavy atom. The molecule has 0 saturated carbocycles. The second kappa shape index (κ2) is 10.8. The molecule has 0 radical (unpaired) electrons. The van der Waals surface area contributed by atoms with Gasteiger partial charge in [-0.2, -0.15) is 0 Å². The summed E-state index contributed by atoms with van der Waals surface area (Å²) in [6, 6.07) is 26.9. The van der Waals surface area contributed by atoms with E-state index in [1.807, 2.05) is 37.3 Å². The number of carbonyl (C=O) groups excluding carboxylic acids is 2. The minimum Gasteiger partial charge on any atom is -0.495 e. The van der Waals surface area contributed by atoms with Crippen LogP contribution >= 0.6 is 11.8 Å².